The molecule has 1 aromatic heterocycles. The second-order valence-electron chi connectivity index (χ2n) is 6.57. The molecule has 3 rings (SSSR count). The number of anilines is 1. The highest BCUT2D eigenvalue weighted by molar-refractivity contribution is 7.15. The highest BCUT2D eigenvalue weighted by Crippen LogP contribution is 2.22. The van der Waals surface area contributed by atoms with Crippen molar-refractivity contribution < 1.29 is 18.3 Å². The topological polar surface area (TPSA) is 63.2 Å². The summed E-state index contributed by atoms with van der Waals surface area (Å²) in [7, 11) is 0. The highest BCUT2D eigenvalue weighted by atomic mass is 32.1. The number of amides is 2. The number of carbonyl (C=O) groups is 1. The van der Waals surface area contributed by atoms with Crippen molar-refractivity contribution >= 4 is 22.5 Å². The van der Waals surface area contributed by atoms with Crippen LogP contribution in [0.3, 0.4) is 0 Å². The third kappa shape index (κ3) is 6.25. The first-order valence-corrected chi connectivity index (χ1v) is 9.97. The maximum Gasteiger partial charge on any atom is 0.321 e. The van der Waals surface area contributed by atoms with Crippen molar-refractivity contribution in [2.45, 2.75) is 44.6 Å². The number of urea groups is 1. The number of halogens is 2. The minimum absolute atomic E-state index is 0.298. The number of rotatable bonds is 7. The second-order valence-corrected chi connectivity index (χ2v) is 7.68. The molecule has 0 saturated carbocycles. The maximum atomic E-state index is 13.3. The van der Waals surface area contributed by atoms with Crippen molar-refractivity contribution in [3.8, 4) is 0 Å². The van der Waals surface area contributed by atoms with Crippen molar-refractivity contribution in [2.24, 2.45) is 0 Å². The van der Waals surface area contributed by atoms with Gasteiger partial charge < -0.3 is 10.1 Å². The molecule has 2 aromatic rings. The van der Waals surface area contributed by atoms with E-state index in [4.69, 9.17) is 4.74 Å². The average molecular weight is 395 g/mol. The molecule has 1 saturated heterocycles. The SMILES string of the molecule is O=C(NCCC[C@@H]1CCCCO1)Nc1ncc(Cc2ccc(F)c(F)c2)s1. The van der Waals surface area contributed by atoms with Gasteiger partial charge >= 0.3 is 6.03 Å². The van der Waals surface area contributed by atoms with Crippen LogP contribution in [0.15, 0.2) is 24.4 Å². The average Bonchev–Trinajstić information content (AvgIpc) is 3.09. The van der Waals surface area contributed by atoms with Crippen molar-refractivity contribution in [3.05, 3.63) is 46.5 Å². The molecule has 1 aromatic carbocycles. The predicted octanol–water partition coefficient (Wildman–Crippen LogP) is 4.48. The van der Waals surface area contributed by atoms with Crippen molar-refractivity contribution in [2.75, 3.05) is 18.5 Å². The predicted molar refractivity (Wildman–Crippen MR) is 101 cm³/mol. The van der Waals surface area contributed by atoms with Crippen LogP contribution in [0.5, 0.6) is 0 Å². The van der Waals surface area contributed by atoms with Gasteiger partial charge in [0.15, 0.2) is 16.8 Å². The van der Waals surface area contributed by atoms with Gasteiger partial charge in [0.05, 0.1) is 6.10 Å². The molecular weight excluding hydrogens is 372 g/mol. The molecular formula is C19H23F2N3O2S. The van der Waals surface area contributed by atoms with E-state index in [1.54, 1.807) is 6.20 Å². The molecule has 146 valence electrons. The lowest BCUT2D eigenvalue weighted by molar-refractivity contribution is 0.0103. The second kappa shape index (κ2) is 9.75. The Balaban J connectivity index is 1.39. The Morgan fingerprint density at radius 3 is 2.96 bits per heavy atom. The van der Waals surface area contributed by atoms with E-state index in [0.29, 0.717) is 29.8 Å². The smallest absolute Gasteiger partial charge is 0.321 e. The lowest BCUT2D eigenvalue weighted by atomic mass is 10.0. The Kier molecular flexibility index (Phi) is 7.11. The zero-order chi connectivity index (χ0) is 19.1. The molecule has 0 radical (unpaired) electrons. The van der Waals surface area contributed by atoms with Gasteiger partial charge in [-0.3, -0.25) is 5.32 Å². The molecule has 5 nitrogen and oxygen atoms in total. The summed E-state index contributed by atoms with van der Waals surface area (Å²) in [4.78, 5) is 16.9. The number of benzene rings is 1. The zero-order valence-corrected chi connectivity index (χ0v) is 15.8. The number of hydrogen-bond acceptors (Lipinski definition) is 4. The lowest BCUT2D eigenvalue weighted by Crippen LogP contribution is -2.30. The van der Waals surface area contributed by atoms with E-state index in [2.05, 4.69) is 15.6 Å². The quantitative estimate of drug-likeness (QED) is 0.680. The van der Waals surface area contributed by atoms with Gasteiger partial charge in [0.1, 0.15) is 0 Å². The number of aromatic nitrogens is 1. The van der Waals surface area contributed by atoms with Crippen LogP contribution in [-0.2, 0) is 11.2 Å². The van der Waals surface area contributed by atoms with E-state index in [0.717, 1.165) is 43.2 Å². The van der Waals surface area contributed by atoms with Gasteiger partial charge in [-0.25, -0.2) is 18.6 Å². The first-order chi connectivity index (χ1) is 13.1. The van der Waals surface area contributed by atoms with Gasteiger partial charge in [-0.05, 0) is 49.8 Å². The van der Waals surface area contributed by atoms with Crippen LogP contribution in [0.4, 0.5) is 18.7 Å². The normalized spacial score (nSPS) is 16.9. The van der Waals surface area contributed by atoms with E-state index < -0.39 is 11.6 Å². The van der Waals surface area contributed by atoms with Gasteiger partial charge in [-0.1, -0.05) is 6.07 Å². The summed E-state index contributed by atoms with van der Waals surface area (Å²) in [6, 6.07) is 3.52. The number of ether oxygens (including phenoxy) is 1. The van der Waals surface area contributed by atoms with E-state index >= 15 is 0 Å². The van der Waals surface area contributed by atoms with Crippen LogP contribution in [0.25, 0.3) is 0 Å². The molecule has 2 amide bonds. The molecule has 0 aliphatic carbocycles. The number of carbonyl (C=O) groups excluding carboxylic acids is 1. The molecule has 0 unspecified atom stereocenters. The lowest BCUT2D eigenvalue weighted by Gasteiger charge is -2.22. The van der Waals surface area contributed by atoms with Gasteiger partial charge in [-0.2, -0.15) is 0 Å². The number of nitrogens with one attached hydrogen (secondary N) is 2. The van der Waals surface area contributed by atoms with Gasteiger partial charge in [0.2, 0.25) is 0 Å². The van der Waals surface area contributed by atoms with Crippen LogP contribution in [0, 0.1) is 11.6 Å². The minimum atomic E-state index is -0.867. The van der Waals surface area contributed by atoms with Crippen LogP contribution < -0.4 is 10.6 Å². The van der Waals surface area contributed by atoms with E-state index in [1.165, 1.54) is 29.9 Å². The third-order valence-electron chi connectivity index (χ3n) is 4.40. The van der Waals surface area contributed by atoms with E-state index in [1.807, 2.05) is 0 Å². The summed E-state index contributed by atoms with van der Waals surface area (Å²) < 4.78 is 31.9. The Morgan fingerprint density at radius 1 is 1.30 bits per heavy atom. The third-order valence-corrected chi connectivity index (χ3v) is 5.31. The number of nitrogens with zero attached hydrogens (tertiary/aromatic N) is 1. The summed E-state index contributed by atoms with van der Waals surface area (Å²) in [6.07, 6.45) is 7.67. The molecule has 27 heavy (non-hydrogen) atoms. The molecule has 2 N–H and O–H groups in total. The summed E-state index contributed by atoms with van der Waals surface area (Å²) in [6.45, 7) is 1.42. The Hall–Kier alpha value is -2.06. The monoisotopic (exact) mass is 395 g/mol. The first kappa shape index (κ1) is 19.7. The maximum absolute atomic E-state index is 13.3. The van der Waals surface area contributed by atoms with Crippen molar-refractivity contribution in [1.29, 1.82) is 0 Å². The Morgan fingerprint density at radius 2 is 2.19 bits per heavy atom. The fraction of sp³-hybridized carbons (Fsp3) is 0.474. The Labute approximate surface area is 161 Å². The van der Waals surface area contributed by atoms with Crippen molar-refractivity contribution in [3.63, 3.8) is 0 Å². The molecule has 0 bridgehead atoms. The molecule has 1 aliphatic heterocycles. The summed E-state index contributed by atoms with van der Waals surface area (Å²) in [5.41, 5.74) is 0.651. The van der Waals surface area contributed by atoms with E-state index in [-0.39, 0.29) is 6.03 Å². The summed E-state index contributed by atoms with van der Waals surface area (Å²) in [5.74, 6) is -1.73. The van der Waals surface area contributed by atoms with Gasteiger partial charge in [0.25, 0.3) is 0 Å². The molecule has 8 heteroatoms. The van der Waals surface area contributed by atoms with Gasteiger partial charge in [0, 0.05) is 30.6 Å². The zero-order valence-electron chi connectivity index (χ0n) is 15.0. The van der Waals surface area contributed by atoms with Gasteiger partial charge in [-0.15, -0.1) is 11.3 Å². The molecule has 1 fully saturated rings. The fourth-order valence-corrected chi connectivity index (χ4v) is 3.85. The van der Waals surface area contributed by atoms with Crippen LogP contribution in [0.2, 0.25) is 0 Å². The van der Waals surface area contributed by atoms with E-state index in [9.17, 15) is 13.6 Å². The number of thiazole rings is 1. The number of hydrogen-bond donors (Lipinski definition) is 2. The molecule has 0 spiro atoms. The van der Waals surface area contributed by atoms with Crippen molar-refractivity contribution in [1.82, 2.24) is 10.3 Å². The minimum Gasteiger partial charge on any atom is -0.378 e. The molecule has 2 heterocycles. The van der Waals surface area contributed by atoms with Crippen LogP contribution in [0.1, 0.15) is 42.5 Å². The molecule has 1 aliphatic rings. The largest absolute Gasteiger partial charge is 0.378 e. The Bertz CT molecular complexity index is 763. The summed E-state index contributed by atoms with van der Waals surface area (Å²) >= 11 is 1.31. The van der Waals surface area contributed by atoms with Crippen LogP contribution in [-0.4, -0.2) is 30.3 Å². The standard InChI is InChI=1S/C19H23F2N3O2S/c20-16-7-6-13(11-17(16)21)10-15-12-23-19(27-15)24-18(25)22-8-3-5-14-4-1-2-9-26-14/h6-7,11-12,14H,1-5,8-10H2,(H2,22,23,24,25)/t14-/m0/s1. The first-order valence-electron chi connectivity index (χ1n) is 9.15. The summed E-state index contributed by atoms with van der Waals surface area (Å²) in [5, 5.41) is 5.99. The highest BCUT2D eigenvalue weighted by Gasteiger charge is 2.13. The van der Waals surface area contributed by atoms with Crippen LogP contribution >= 0.6 is 11.3 Å². The fourth-order valence-electron chi connectivity index (χ4n) is 3.01. The molecule has 1 atom stereocenters.